The van der Waals surface area contributed by atoms with Crippen molar-refractivity contribution in [1.29, 1.82) is 0 Å². The van der Waals surface area contributed by atoms with Gasteiger partial charge in [-0.15, -0.1) is 0 Å². The summed E-state index contributed by atoms with van der Waals surface area (Å²) in [6.45, 7) is 3.33. The van der Waals surface area contributed by atoms with Gasteiger partial charge in [0.1, 0.15) is 18.5 Å². The molecule has 0 bridgehead atoms. The van der Waals surface area contributed by atoms with Gasteiger partial charge in [0.25, 0.3) is 12.0 Å². The SMILES string of the molecule is CCCn1c(OCc2ccccc2)nc2nc(C3CCC(OC=O)C3)[nH]c2c1=O. The normalized spacial score (nSPS) is 18.8. The zero-order chi connectivity index (χ0) is 20.2. The molecule has 1 aliphatic rings. The molecule has 1 fully saturated rings. The molecule has 2 atom stereocenters. The first-order valence-corrected chi connectivity index (χ1v) is 9.95. The maximum Gasteiger partial charge on any atom is 0.301 e. The summed E-state index contributed by atoms with van der Waals surface area (Å²) < 4.78 is 12.5. The number of carbonyl (C=O) groups excluding carboxylic acids is 1. The van der Waals surface area contributed by atoms with E-state index in [0.717, 1.165) is 24.8 Å². The predicted molar refractivity (Wildman–Crippen MR) is 107 cm³/mol. The summed E-state index contributed by atoms with van der Waals surface area (Å²) in [6.07, 6.45) is 3.01. The zero-order valence-electron chi connectivity index (χ0n) is 16.3. The molecular formula is C21H24N4O4. The average molecular weight is 396 g/mol. The number of rotatable bonds is 8. The van der Waals surface area contributed by atoms with Crippen LogP contribution in [0.2, 0.25) is 0 Å². The van der Waals surface area contributed by atoms with Crippen molar-refractivity contribution in [3.05, 3.63) is 52.1 Å². The van der Waals surface area contributed by atoms with Gasteiger partial charge in [0.05, 0.1) is 0 Å². The average Bonchev–Trinajstić information content (AvgIpc) is 3.37. The Hall–Kier alpha value is -3.16. The summed E-state index contributed by atoms with van der Waals surface area (Å²) >= 11 is 0. The van der Waals surface area contributed by atoms with Crippen LogP contribution in [0.25, 0.3) is 11.2 Å². The smallest absolute Gasteiger partial charge is 0.301 e. The number of benzene rings is 1. The van der Waals surface area contributed by atoms with Gasteiger partial charge in [-0.2, -0.15) is 4.98 Å². The Labute approximate surface area is 167 Å². The molecule has 0 saturated heterocycles. The molecular weight excluding hydrogens is 372 g/mol. The maximum atomic E-state index is 13.0. The first kappa shape index (κ1) is 19.2. The third-order valence-electron chi connectivity index (χ3n) is 5.27. The Balaban J connectivity index is 1.64. The largest absolute Gasteiger partial charge is 0.465 e. The van der Waals surface area contributed by atoms with Crippen molar-refractivity contribution in [1.82, 2.24) is 19.5 Å². The number of aromatic amines is 1. The van der Waals surface area contributed by atoms with E-state index in [1.54, 1.807) is 4.57 Å². The zero-order valence-corrected chi connectivity index (χ0v) is 16.3. The fourth-order valence-electron chi connectivity index (χ4n) is 3.82. The molecule has 8 heteroatoms. The van der Waals surface area contributed by atoms with Crippen LogP contribution >= 0.6 is 0 Å². The predicted octanol–water partition coefficient (Wildman–Crippen LogP) is 2.92. The second-order valence-electron chi connectivity index (χ2n) is 7.31. The third-order valence-corrected chi connectivity index (χ3v) is 5.27. The summed E-state index contributed by atoms with van der Waals surface area (Å²) in [4.78, 5) is 35.9. The van der Waals surface area contributed by atoms with E-state index in [4.69, 9.17) is 9.47 Å². The van der Waals surface area contributed by atoms with Gasteiger partial charge in [0, 0.05) is 12.5 Å². The number of nitrogens with zero attached hydrogens (tertiary/aromatic N) is 3. The van der Waals surface area contributed by atoms with Crippen LogP contribution in [0.15, 0.2) is 35.1 Å². The number of fused-ring (bicyclic) bond motifs is 1. The van der Waals surface area contributed by atoms with Crippen LogP contribution in [-0.4, -0.2) is 32.1 Å². The molecule has 4 rings (SSSR count). The monoisotopic (exact) mass is 396 g/mol. The van der Waals surface area contributed by atoms with Crippen LogP contribution in [0.3, 0.4) is 0 Å². The van der Waals surface area contributed by atoms with Gasteiger partial charge >= 0.3 is 6.01 Å². The summed E-state index contributed by atoms with van der Waals surface area (Å²) in [5.41, 5.74) is 1.57. The lowest BCUT2D eigenvalue weighted by molar-refractivity contribution is -0.133. The molecule has 1 saturated carbocycles. The highest BCUT2D eigenvalue weighted by molar-refractivity contribution is 5.70. The van der Waals surface area contributed by atoms with E-state index in [2.05, 4.69) is 15.0 Å². The fourth-order valence-corrected chi connectivity index (χ4v) is 3.82. The van der Waals surface area contributed by atoms with Crippen LogP contribution in [0, 0.1) is 0 Å². The molecule has 2 aromatic heterocycles. The molecule has 1 aliphatic carbocycles. The Morgan fingerprint density at radius 2 is 2.07 bits per heavy atom. The summed E-state index contributed by atoms with van der Waals surface area (Å²) in [7, 11) is 0. The second-order valence-corrected chi connectivity index (χ2v) is 7.31. The highest BCUT2D eigenvalue weighted by Crippen LogP contribution is 2.34. The number of aromatic nitrogens is 4. The summed E-state index contributed by atoms with van der Waals surface area (Å²) in [5, 5.41) is 0. The van der Waals surface area contributed by atoms with Gasteiger partial charge < -0.3 is 14.5 Å². The van der Waals surface area contributed by atoms with Gasteiger partial charge in [0.2, 0.25) is 0 Å². The van der Waals surface area contributed by atoms with E-state index in [1.165, 1.54) is 0 Å². The molecule has 0 aliphatic heterocycles. The minimum Gasteiger partial charge on any atom is -0.465 e. The number of H-pyrrole nitrogens is 1. The number of carbonyl (C=O) groups is 1. The Kier molecular flexibility index (Phi) is 5.59. The highest BCUT2D eigenvalue weighted by atomic mass is 16.5. The molecule has 0 amide bonds. The number of imidazole rings is 1. The van der Waals surface area contributed by atoms with Gasteiger partial charge in [-0.1, -0.05) is 37.3 Å². The van der Waals surface area contributed by atoms with Crippen LogP contribution in [0.5, 0.6) is 6.01 Å². The van der Waals surface area contributed by atoms with Crippen LogP contribution in [0.1, 0.15) is 49.9 Å². The molecule has 0 radical (unpaired) electrons. The lowest BCUT2D eigenvalue weighted by Gasteiger charge is -2.11. The minimum atomic E-state index is -0.183. The first-order chi connectivity index (χ1) is 14.2. The van der Waals surface area contributed by atoms with E-state index >= 15 is 0 Å². The summed E-state index contributed by atoms with van der Waals surface area (Å²) in [6, 6.07) is 10.0. The molecule has 8 nitrogen and oxygen atoms in total. The van der Waals surface area contributed by atoms with Crippen molar-refractivity contribution in [2.24, 2.45) is 0 Å². The van der Waals surface area contributed by atoms with Crippen molar-refractivity contribution >= 4 is 17.6 Å². The van der Waals surface area contributed by atoms with Crippen LogP contribution in [-0.2, 0) is 22.7 Å². The van der Waals surface area contributed by atoms with Gasteiger partial charge in [0.15, 0.2) is 11.2 Å². The van der Waals surface area contributed by atoms with Crippen molar-refractivity contribution in [2.75, 3.05) is 0 Å². The van der Waals surface area contributed by atoms with Crippen LogP contribution in [0.4, 0.5) is 0 Å². The highest BCUT2D eigenvalue weighted by Gasteiger charge is 2.30. The van der Waals surface area contributed by atoms with Gasteiger partial charge in [-0.3, -0.25) is 14.2 Å². The van der Waals surface area contributed by atoms with E-state index < -0.39 is 0 Å². The number of nitrogens with one attached hydrogen (secondary N) is 1. The maximum absolute atomic E-state index is 13.0. The van der Waals surface area contributed by atoms with E-state index in [1.807, 2.05) is 37.3 Å². The third kappa shape index (κ3) is 4.01. The lowest BCUT2D eigenvalue weighted by atomic mass is 10.1. The minimum absolute atomic E-state index is 0.0970. The van der Waals surface area contributed by atoms with Crippen molar-refractivity contribution in [3.63, 3.8) is 0 Å². The lowest BCUT2D eigenvalue weighted by Crippen LogP contribution is -2.23. The first-order valence-electron chi connectivity index (χ1n) is 9.95. The molecule has 2 unspecified atom stereocenters. The van der Waals surface area contributed by atoms with Gasteiger partial charge in [-0.25, -0.2) is 4.98 Å². The molecule has 0 spiro atoms. The van der Waals surface area contributed by atoms with Crippen LogP contribution < -0.4 is 10.3 Å². The Bertz CT molecular complexity index is 1040. The quantitative estimate of drug-likeness (QED) is 0.588. The number of ether oxygens (including phenoxy) is 2. The molecule has 1 aromatic carbocycles. The molecule has 3 aromatic rings. The summed E-state index contributed by atoms with van der Waals surface area (Å²) in [5.74, 6) is 0.826. The number of hydrogen-bond acceptors (Lipinski definition) is 6. The number of hydrogen-bond donors (Lipinski definition) is 1. The van der Waals surface area contributed by atoms with E-state index in [0.29, 0.717) is 43.0 Å². The molecule has 29 heavy (non-hydrogen) atoms. The Morgan fingerprint density at radius 3 is 2.83 bits per heavy atom. The van der Waals surface area contributed by atoms with Crippen molar-refractivity contribution < 1.29 is 14.3 Å². The molecule has 1 N–H and O–H groups in total. The fraction of sp³-hybridized carbons (Fsp3) is 0.429. The van der Waals surface area contributed by atoms with Gasteiger partial charge in [-0.05, 0) is 31.2 Å². The van der Waals surface area contributed by atoms with Crippen molar-refractivity contribution in [3.8, 4) is 6.01 Å². The topological polar surface area (TPSA) is 99.1 Å². The Morgan fingerprint density at radius 1 is 1.24 bits per heavy atom. The second kappa shape index (κ2) is 8.46. The van der Waals surface area contributed by atoms with E-state index in [-0.39, 0.29) is 23.6 Å². The molecule has 2 heterocycles. The van der Waals surface area contributed by atoms with E-state index in [9.17, 15) is 9.59 Å². The molecule has 152 valence electrons. The van der Waals surface area contributed by atoms with Crippen molar-refractivity contribution in [2.45, 2.75) is 57.8 Å². The standard InChI is InChI=1S/C21H24N4O4/c1-2-10-25-20(27)17-19(24-21(25)28-12-14-6-4-3-5-7-14)23-18(22-17)15-8-9-16(11-15)29-13-26/h3-7,13,15-16H,2,8-12H2,1H3,(H,22,23).